The number of rotatable bonds is 4. The van der Waals surface area contributed by atoms with E-state index >= 15 is 0 Å². The molecule has 1 aromatic heterocycles. The van der Waals surface area contributed by atoms with Crippen LogP contribution in [-0.4, -0.2) is 42.0 Å². The molecule has 2 heterocycles. The lowest BCUT2D eigenvalue weighted by Gasteiger charge is -2.36. The van der Waals surface area contributed by atoms with Crippen molar-refractivity contribution in [1.29, 1.82) is 0 Å². The van der Waals surface area contributed by atoms with Crippen LogP contribution in [-0.2, 0) is 6.54 Å². The molecule has 0 unspecified atom stereocenters. The Morgan fingerprint density at radius 1 is 1.20 bits per heavy atom. The van der Waals surface area contributed by atoms with E-state index in [2.05, 4.69) is 31.9 Å². The van der Waals surface area contributed by atoms with Crippen LogP contribution in [0.3, 0.4) is 0 Å². The van der Waals surface area contributed by atoms with Gasteiger partial charge >= 0.3 is 0 Å². The summed E-state index contributed by atoms with van der Waals surface area (Å²) in [5.41, 5.74) is 7.35. The standard InChI is InChI=1S/C18H22ClN5O/c19-14-3-5-15(6-4-14)23-7-9-24(10-8-23)18(20)22-12-16-11-21-17(25-16)13-1-2-13/h3-6,11,13H,1-2,7-10,12H2,(H2,20,22). The predicted molar refractivity (Wildman–Crippen MR) is 99.0 cm³/mol. The molecule has 2 N–H and O–H groups in total. The second-order valence-electron chi connectivity index (χ2n) is 6.56. The second kappa shape index (κ2) is 6.96. The summed E-state index contributed by atoms with van der Waals surface area (Å²) in [4.78, 5) is 13.2. The van der Waals surface area contributed by atoms with Crippen LogP contribution in [0.5, 0.6) is 0 Å². The summed E-state index contributed by atoms with van der Waals surface area (Å²) in [5, 5.41) is 0.760. The summed E-state index contributed by atoms with van der Waals surface area (Å²) >= 11 is 5.95. The fourth-order valence-electron chi connectivity index (χ4n) is 3.02. The van der Waals surface area contributed by atoms with E-state index in [0.29, 0.717) is 18.4 Å². The molecule has 0 atom stereocenters. The number of piperazine rings is 1. The topological polar surface area (TPSA) is 70.9 Å². The third-order valence-electron chi connectivity index (χ3n) is 4.69. The molecule has 4 rings (SSSR count). The Hall–Kier alpha value is -2.21. The minimum absolute atomic E-state index is 0.447. The van der Waals surface area contributed by atoms with Gasteiger partial charge in [-0.15, -0.1) is 0 Å². The van der Waals surface area contributed by atoms with Crippen LogP contribution in [0, 0.1) is 0 Å². The maximum atomic E-state index is 6.16. The van der Waals surface area contributed by atoms with E-state index in [4.69, 9.17) is 21.8 Å². The van der Waals surface area contributed by atoms with Crippen LogP contribution in [0.25, 0.3) is 0 Å². The van der Waals surface area contributed by atoms with E-state index in [0.717, 1.165) is 42.9 Å². The number of hydrogen-bond acceptors (Lipinski definition) is 4. The number of oxazole rings is 1. The van der Waals surface area contributed by atoms with Gasteiger partial charge in [-0.1, -0.05) is 11.6 Å². The minimum atomic E-state index is 0.447. The number of nitrogens with two attached hydrogens (primary N) is 1. The Labute approximate surface area is 152 Å². The molecule has 0 amide bonds. The first-order valence-electron chi connectivity index (χ1n) is 8.69. The molecular formula is C18H22ClN5O. The molecule has 2 aliphatic rings. The van der Waals surface area contributed by atoms with Crippen molar-refractivity contribution in [3.63, 3.8) is 0 Å². The van der Waals surface area contributed by atoms with E-state index in [9.17, 15) is 0 Å². The van der Waals surface area contributed by atoms with Crippen molar-refractivity contribution in [3.05, 3.63) is 47.1 Å². The minimum Gasteiger partial charge on any atom is -0.443 e. The van der Waals surface area contributed by atoms with E-state index < -0.39 is 0 Å². The number of aliphatic imine (C=N–C) groups is 1. The van der Waals surface area contributed by atoms with Gasteiger partial charge in [0.15, 0.2) is 11.9 Å². The molecule has 7 heteroatoms. The van der Waals surface area contributed by atoms with Crippen molar-refractivity contribution >= 4 is 23.2 Å². The van der Waals surface area contributed by atoms with Gasteiger partial charge in [-0.05, 0) is 37.1 Å². The lowest BCUT2D eigenvalue weighted by atomic mass is 10.2. The Morgan fingerprint density at radius 3 is 2.60 bits per heavy atom. The van der Waals surface area contributed by atoms with Gasteiger partial charge in [0.25, 0.3) is 0 Å². The number of nitrogens with zero attached hydrogens (tertiary/aromatic N) is 4. The lowest BCUT2D eigenvalue weighted by Crippen LogP contribution is -2.51. The zero-order chi connectivity index (χ0) is 17.2. The number of guanidine groups is 1. The highest BCUT2D eigenvalue weighted by atomic mass is 35.5. The first kappa shape index (κ1) is 16.3. The molecule has 25 heavy (non-hydrogen) atoms. The number of aromatic nitrogens is 1. The molecule has 2 aromatic rings. The third-order valence-corrected chi connectivity index (χ3v) is 4.94. The SMILES string of the molecule is NC(=NCc1cnc(C2CC2)o1)N1CCN(c2ccc(Cl)cc2)CC1. The highest BCUT2D eigenvalue weighted by Crippen LogP contribution is 2.39. The number of benzene rings is 1. The van der Waals surface area contributed by atoms with Crippen molar-refractivity contribution in [2.75, 3.05) is 31.1 Å². The third kappa shape index (κ3) is 3.90. The molecule has 0 bridgehead atoms. The number of anilines is 1. The van der Waals surface area contributed by atoms with Gasteiger partial charge in [0.1, 0.15) is 12.3 Å². The number of hydrogen-bond donors (Lipinski definition) is 1. The maximum absolute atomic E-state index is 6.16. The van der Waals surface area contributed by atoms with E-state index in [1.165, 1.54) is 18.5 Å². The maximum Gasteiger partial charge on any atom is 0.197 e. The molecule has 0 radical (unpaired) electrons. The van der Waals surface area contributed by atoms with Crippen molar-refractivity contribution in [1.82, 2.24) is 9.88 Å². The van der Waals surface area contributed by atoms with Crippen molar-refractivity contribution in [3.8, 4) is 0 Å². The molecule has 0 spiro atoms. The van der Waals surface area contributed by atoms with E-state index in [1.807, 2.05) is 12.1 Å². The fourth-order valence-corrected chi connectivity index (χ4v) is 3.15. The Balaban J connectivity index is 1.30. The smallest absolute Gasteiger partial charge is 0.197 e. The van der Waals surface area contributed by atoms with E-state index in [1.54, 1.807) is 6.20 Å². The zero-order valence-electron chi connectivity index (χ0n) is 14.1. The summed E-state index contributed by atoms with van der Waals surface area (Å²) in [6.07, 6.45) is 4.13. The normalized spacial score (nSPS) is 18.7. The van der Waals surface area contributed by atoms with Crippen LogP contribution in [0.2, 0.25) is 5.02 Å². The quantitative estimate of drug-likeness (QED) is 0.671. The van der Waals surface area contributed by atoms with Gasteiger partial charge in [-0.2, -0.15) is 0 Å². The molecule has 1 aliphatic carbocycles. The van der Waals surface area contributed by atoms with Crippen molar-refractivity contribution in [2.45, 2.75) is 25.3 Å². The first-order chi connectivity index (χ1) is 12.2. The van der Waals surface area contributed by atoms with Crippen LogP contribution < -0.4 is 10.6 Å². The summed E-state index contributed by atoms with van der Waals surface area (Å²) in [7, 11) is 0. The second-order valence-corrected chi connectivity index (χ2v) is 7.00. The first-order valence-corrected chi connectivity index (χ1v) is 9.07. The molecule has 1 aromatic carbocycles. The largest absolute Gasteiger partial charge is 0.443 e. The monoisotopic (exact) mass is 359 g/mol. The fraction of sp³-hybridized carbons (Fsp3) is 0.444. The Morgan fingerprint density at radius 2 is 1.92 bits per heavy atom. The highest BCUT2D eigenvalue weighted by molar-refractivity contribution is 6.30. The van der Waals surface area contributed by atoms with Crippen LogP contribution in [0.1, 0.15) is 30.4 Å². The number of halogens is 1. The van der Waals surface area contributed by atoms with Crippen LogP contribution >= 0.6 is 11.6 Å². The van der Waals surface area contributed by atoms with Gasteiger partial charge in [0.05, 0.1) is 6.20 Å². The molecule has 132 valence electrons. The zero-order valence-corrected chi connectivity index (χ0v) is 14.8. The molecular weight excluding hydrogens is 338 g/mol. The van der Waals surface area contributed by atoms with Gasteiger partial charge in [-0.3, -0.25) is 0 Å². The van der Waals surface area contributed by atoms with Crippen LogP contribution in [0.15, 0.2) is 39.9 Å². The Bertz CT molecular complexity index is 745. The summed E-state index contributed by atoms with van der Waals surface area (Å²) in [6.45, 7) is 3.96. The lowest BCUT2D eigenvalue weighted by molar-refractivity contribution is 0.379. The van der Waals surface area contributed by atoms with Gasteiger partial charge in [-0.25, -0.2) is 9.98 Å². The molecule has 1 aliphatic heterocycles. The van der Waals surface area contributed by atoms with Crippen molar-refractivity contribution in [2.24, 2.45) is 10.7 Å². The summed E-state index contributed by atoms with van der Waals surface area (Å²) in [5.74, 6) is 2.72. The molecule has 6 nitrogen and oxygen atoms in total. The van der Waals surface area contributed by atoms with Crippen molar-refractivity contribution < 1.29 is 4.42 Å². The summed E-state index contributed by atoms with van der Waals surface area (Å²) in [6, 6.07) is 7.95. The molecule has 2 fully saturated rings. The van der Waals surface area contributed by atoms with Gasteiger partial charge in [0.2, 0.25) is 0 Å². The average molecular weight is 360 g/mol. The highest BCUT2D eigenvalue weighted by Gasteiger charge is 2.28. The average Bonchev–Trinajstić information content (AvgIpc) is 3.39. The van der Waals surface area contributed by atoms with Gasteiger partial charge < -0.3 is 20.0 Å². The molecule has 1 saturated heterocycles. The predicted octanol–water partition coefficient (Wildman–Crippen LogP) is 2.84. The van der Waals surface area contributed by atoms with E-state index in [-0.39, 0.29) is 0 Å². The molecule has 1 saturated carbocycles. The van der Waals surface area contributed by atoms with Crippen LogP contribution in [0.4, 0.5) is 5.69 Å². The Kier molecular flexibility index (Phi) is 4.53. The summed E-state index contributed by atoms with van der Waals surface area (Å²) < 4.78 is 5.72. The van der Waals surface area contributed by atoms with Gasteiger partial charge in [0, 0.05) is 42.8 Å².